The van der Waals surface area contributed by atoms with Gasteiger partial charge in [-0.1, -0.05) is 11.6 Å². The SMILES string of the molecule is COc1ccc(Nc2ncccc2C(=O)Nc2ccc(Cl)cc2)cc1. The van der Waals surface area contributed by atoms with Gasteiger partial charge in [-0.2, -0.15) is 0 Å². The first-order valence-electron chi connectivity index (χ1n) is 7.59. The van der Waals surface area contributed by atoms with Crippen molar-refractivity contribution in [3.8, 4) is 5.75 Å². The summed E-state index contributed by atoms with van der Waals surface area (Å²) in [6, 6.07) is 17.7. The van der Waals surface area contributed by atoms with E-state index in [1.165, 1.54) is 0 Å². The number of pyridine rings is 1. The van der Waals surface area contributed by atoms with E-state index in [9.17, 15) is 4.79 Å². The largest absolute Gasteiger partial charge is 0.497 e. The van der Waals surface area contributed by atoms with Crippen molar-refractivity contribution in [3.05, 3.63) is 77.4 Å². The number of halogens is 1. The topological polar surface area (TPSA) is 63.2 Å². The van der Waals surface area contributed by atoms with Crippen molar-refractivity contribution >= 4 is 34.7 Å². The van der Waals surface area contributed by atoms with Crippen LogP contribution in [0.15, 0.2) is 66.9 Å². The maximum atomic E-state index is 12.6. The van der Waals surface area contributed by atoms with Crippen LogP contribution in [0.5, 0.6) is 5.75 Å². The lowest BCUT2D eigenvalue weighted by Gasteiger charge is -2.11. The number of hydrogen-bond acceptors (Lipinski definition) is 4. The number of nitrogens with zero attached hydrogens (tertiary/aromatic N) is 1. The second kappa shape index (κ2) is 7.68. The van der Waals surface area contributed by atoms with Crippen LogP contribution in [0, 0.1) is 0 Å². The van der Waals surface area contributed by atoms with Gasteiger partial charge in [0, 0.05) is 22.6 Å². The molecule has 0 saturated heterocycles. The lowest BCUT2D eigenvalue weighted by molar-refractivity contribution is 0.102. The second-order valence-corrected chi connectivity index (χ2v) is 5.65. The first-order valence-corrected chi connectivity index (χ1v) is 7.96. The molecule has 0 aliphatic carbocycles. The molecule has 3 rings (SSSR count). The van der Waals surface area contributed by atoms with E-state index in [2.05, 4.69) is 15.6 Å². The Morgan fingerprint density at radius 2 is 1.68 bits per heavy atom. The van der Waals surface area contributed by atoms with Crippen LogP contribution in [0.2, 0.25) is 5.02 Å². The zero-order valence-corrected chi connectivity index (χ0v) is 14.2. The summed E-state index contributed by atoms with van der Waals surface area (Å²) in [6.07, 6.45) is 1.63. The predicted molar refractivity (Wildman–Crippen MR) is 99.9 cm³/mol. The van der Waals surface area contributed by atoms with Crippen molar-refractivity contribution in [2.45, 2.75) is 0 Å². The van der Waals surface area contributed by atoms with Gasteiger partial charge in [0.25, 0.3) is 5.91 Å². The third-order valence-electron chi connectivity index (χ3n) is 3.51. The minimum Gasteiger partial charge on any atom is -0.497 e. The van der Waals surface area contributed by atoms with Gasteiger partial charge in [-0.3, -0.25) is 4.79 Å². The number of nitrogens with one attached hydrogen (secondary N) is 2. The Labute approximate surface area is 150 Å². The Hall–Kier alpha value is -3.05. The molecule has 1 aromatic heterocycles. The predicted octanol–water partition coefficient (Wildman–Crippen LogP) is 4.74. The van der Waals surface area contributed by atoms with Gasteiger partial charge in [0.2, 0.25) is 0 Å². The van der Waals surface area contributed by atoms with Crippen molar-refractivity contribution in [2.24, 2.45) is 0 Å². The van der Waals surface area contributed by atoms with Gasteiger partial charge in [-0.15, -0.1) is 0 Å². The number of rotatable bonds is 5. The zero-order valence-electron chi connectivity index (χ0n) is 13.5. The number of hydrogen-bond donors (Lipinski definition) is 2. The van der Waals surface area contributed by atoms with Gasteiger partial charge in [0.05, 0.1) is 12.7 Å². The highest BCUT2D eigenvalue weighted by Gasteiger charge is 2.13. The van der Waals surface area contributed by atoms with Crippen LogP contribution in [0.3, 0.4) is 0 Å². The highest BCUT2D eigenvalue weighted by molar-refractivity contribution is 6.30. The molecule has 0 atom stereocenters. The molecule has 0 bridgehead atoms. The van der Waals surface area contributed by atoms with E-state index in [1.807, 2.05) is 24.3 Å². The molecular weight excluding hydrogens is 338 g/mol. The molecule has 0 aliphatic heterocycles. The van der Waals surface area contributed by atoms with Crippen LogP contribution in [-0.2, 0) is 0 Å². The fraction of sp³-hybridized carbons (Fsp3) is 0.0526. The normalized spacial score (nSPS) is 10.2. The smallest absolute Gasteiger partial charge is 0.259 e. The summed E-state index contributed by atoms with van der Waals surface area (Å²) in [5.41, 5.74) is 1.90. The van der Waals surface area contributed by atoms with E-state index in [0.717, 1.165) is 11.4 Å². The molecule has 0 spiro atoms. The van der Waals surface area contributed by atoms with E-state index in [-0.39, 0.29) is 5.91 Å². The summed E-state index contributed by atoms with van der Waals surface area (Å²) in [7, 11) is 1.61. The lowest BCUT2D eigenvalue weighted by Crippen LogP contribution is -2.14. The Kier molecular flexibility index (Phi) is 5.16. The van der Waals surface area contributed by atoms with Gasteiger partial charge in [-0.25, -0.2) is 4.98 Å². The van der Waals surface area contributed by atoms with Gasteiger partial charge < -0.3 is 15.4 Å². The van der Waals surface area contributed by atoms with Crippen LogP contribution in [-0.4, -0.2) is 18.0 Å². The Bertz CT molecular complexity index is 865. The highest BCUT2D eigenvalue weighted by Crippen LogP contribution is 2.22. The van der Waals surface area contributed by atoms with Crippen molar-refractivity contribution in [1.29, 1.82) is 0 Å². The van der Waals surface area contributed by atoms with E-state index in [1.54, 1.807) is 49.7 Å². The number of carbonyl (C=O) groups excluding carboxylic acids is 1. The molecule has 0 saturated carbocycles. The molecule has 6 heteroatoms. The van der Waals surface area contributed by atoms with E-state index >= 15 is 0 Å². The molecule has 0 aliphatic rings. The van der Waals surface area contributed by atoms with Crippen LogP contribution < -0.4 is 15.4 Å². The fourth-order valence-electron chi connectivity index (χ4n) is 2.23. The lowest BCUT2D eigenvalue weighted by atomic mass is 10.2. The minimum absolute atomic E-state index is 0.258. The van der Waals surface area contributed by atoms with Gasteiger partial charge in [0.15, 0.2) is 0 Å². The third kappa shape index (κ3) is 4.28. The minimum atomic E-state index is -0.258. The Morgan fingerprint density at radius 3 is 2.36 bits per heavy atom. The average Bonchev–Trinajstić information content (AvgIpc) is 2.64. The summed E-state index contributed by atoms with van der Waals surface area (Å²) >= 11 is 5.86. The molecular formula is C19H16ClN3O2. The zero-order chi connectivity index (χ0) is 17.6. The quantitative estimate of drug-likeness (QED) is 0.695. The maximum absolute atomic E-state index is 12.6. The molecule has 5 nitrogen and oxygen atoms in total. The molecule has 1 amide bonds. The van der Waals surface area contributed by atoms with Crippen LogP contribution in [0.1, 0.15) is 10.4 Å². The monoisotopic (exact) mass is 353 g/mol. The maximum Gasteiger partial charge on any atom is 0.259 e. The summed E-state index contributed by atoms with van der Waals surface area (Å²) in [5, 5.41) is 6.60. The molecule has 3 aromatic rings. The van der Waals surface area contributed by atoms with Gasteiger partial charge in [-0.05, 0) is 60.7 Å². The van der Waals surface area contributed by atoms with E-state index in [0.29, 0.717) is 22.1 Å². The first-order chi connectivity index (χ1) is 12.2. The first kappa shape index (κ1) is 16.8. The number of benzene rings is 2. The molecule has 2 aromatic carbocycles. The van der Waals surface area contributed by atoms with Crippen molar-refractivity contribution in [2.75, 3.05) is 17.7 Å². The summed E-state index contributed by atoms with van der Waals surface area (Å²) < 4.78 is 5.14. The van der Waals surface area contributed by atoms with Crippen LogP contribution in [0.25, 0.3) is 0 Å². The van der Waals surface area contributed by atoms with Gasteiger partial charge >= 0.3 is 0 Å². The number of amides is 1. The standard InChI is InChI=1S/C19H16ClN3O2/c1-25-16-10-8-14(9-11-16)22-18-17(3-2-12-21-18)19(24)23-15-6-4-13(20)5-7-15/h2-12H,1H3,(H,21,22)(H,23,24). The number of anilines is 3. The van der Waals surface area contributed by atoms with Crippen molar-refractivity contribution in [1.82, 2.24) is 4.98 Å². The molecule has 0 fully saturated rings. The fourth-order valence-corrected chi connectivity index (χ4v) is 2.36. The van der Waals surface area contributed by atoms with Crippen molar-refractivity contribution in [3.63, 3.8) is 0 Å². The van der Waals surface area contributed by atoms with Crippen LogP contribution >= 0.6 is 11.6 Å². The van der Waals surface area contributed by atoms with Crippen molar-refractivity contribution < 1.29 is 9.53 Å². The van der Waals surface area contributed by atoms with Gasteiger partial charge in [0.1, 0.15) is 11.6 Å². The summed E-state index contributed by atoms with van der Waals surface area (Å²) in [4.78, 5) is 16.8. The summed E-state index contributed by atoms with van der Waals surface area (Å²) in [5.74, 6) is 0.970. The Morgan fingerprint density at radius 1 is 1.00 bits per heavy atom. The van der Waals surface area contributed by atoms with Crippen LogP contribution in [0.4, 0.5) is 17.2 Å². The number of methoxy groups -OCH3 is 1. The number of carbonyl (C=O) groups is 1. The third-order valence-corrected chi connectivity index (χ3v) is 3.76. The molecule has 0 radical (unpaired) electrons. The second-order valence-electron chi connectivity index (χ2n) is 5.21. The molecule has 126 valence electrons. The Balaban J connectivity index is 1.79. The van der Waals surface area contributed by atoms with E-state index in [4.69, 9.17) is 16.3 Å². The molecule has 1 heterocycles. The highest BCUT2D eigenvalue weighted by atomic mass is 35.5. The average molecular weight is 354 g/mol. The number of aromatic nitrogens is 1. The summed E-state index contributed by atoms with van der Waals surface area (Å²) in [6.45, 7) is 0. The van der Waals surface area contributed by atoms with E-state index < -0.39 is 0 Å². The molecule has 25 heavy (non-hydrogen) atoms. The number of ether oxygens (including phenoxy) is 1. The molecule has 0 unspecified atom stereocenters. The molecule has 2 N–H and O–H groups in total.